The lowest BCUT2D eigenvalue weighted by Gasteiger charge is -2.09. The number of hydrogen-bond donors (Lipinski definition) is 3. The zero-order valence-electron chi connectivity index (χ0n) is 10.2. The van der Waals surface area contributed by atoms with E-state index in [1.54, 1.807) is 0 Å². The molecular weight excluding hydrogens is 224 g/mol. The lowest BCUT2D eigenvalue weighted by atomic mass is 10.2. The quantitative estimate of drug-likeness (QED) is 0.634. The van der Waals surface area contributed by atoms with Gasteiger partial charge in [0, 0.05) is 19.6 Å². The summed E-state index contributed by atoms with van der Waals surface area (Å²) in [7, 11) is 1.48. The Morgan fingerprint density at radius 3 is 2.82 bits per heavy atom. The lowest BCUT2D eigenvalue weighted by Crippen LogP contribution is -2.34. The molecule has 0 aliphatic carbocycles. The van der Waals surface area contributed by atoms with Crippen molar-refractivity contribution in [3.05, 3.63) is 11.6 Å². The zero-order chi connectivity index (χ0) is 12.8. The highest BCUT2D eigenvalue weighted by molar-refractivity contribution is 5.90. The fourth-order valence-corrected chi connectivity index (χ4v) is 1.17. The van der Waals surface area contributed by atoms with Gasteiger partial charge in [-0.2, -0.15) is 0 Å². The van der Waals surface area contributed by atoms with E-state index in [-0.39, 0.29) is 24.9 Å². The Balaban J connectivity index is 2.46. The fourth-order valence-electron chi connectivity index (χ4n) is 1.17. The molecule has 1 aromatic rings. The number of hydrogen-bond acceptors (Lipinski definition) is 5. The summed E-state index contributed by atoms with van der Waals surface area (Å²) in [4.78, 5) is 15.6. The first-order valence-corrected chi connectivity index (χ1v) is 5.42. The van der Waals surface area contributed by atoms with Gasteiger partial charge in [0.15, 0.2) is 0 Å². The Morgan fingerprint density at radius 1 is 1.59 bits per heavy atom. The third-order valence-electron chi connectivity index (χ3n) is 2.11. The topological polar surface area (TPSA) is 100 Å². The summed E-state index contributed by atoms with van der Waals surface area (Å²) in [5.74, 6) is 0.511. The molecule has 0 saturated carbocycles. The summed E-state index contributed by atoms with van der Waals surface area (Å²) in [6.07, 6.45) is -0.729. The normalized spacial score (nSPS) is 12.8. The standard InChI is InChI=1S/C10H18N4O3/c1-6(2)8-12-9(14-13-8)10(16)11-4-7(15)5-17-3/h6-7,15H,4-5H2,1-3H3,(H,11,16)(H,12,13,14). The van der Waals surface area contributed by atoms with Crippen molar-refractivity contribution in [3.8, 4) is 0 Å². The molecule has 3 N–H and O–H groups in total. The number of aromatic nitrogens is 3. The maximum Gasteiger partial charge on any atom is 0.291 e. The van der Waals surface area contributed by atoms with Crippen LogP contribution in [-0.2, 0) is 4.74 Å². The molecule has 17 heavy (non-hydrogen) atoms. The first-order valence-electron chi connectivity index (χ1n) is 5.42. The molecule has 7 nitrogen and oxygen atoms in total. The number of rotatable bonds is 6. The lowest BCUT2D eigenvalue weighted by molar-refractivity contribution is 0.0607. The monoisotopic (exact) mass is 242 g/mol. The highest BCUT2D eigenvalue weighted by atomic mass is 16.5. The largest absolute Gasteiger partial charge is 0.389 e. The molecule has 0 radical (unpaired) electrons. The van der Waals surface area contributed by atoms with Gasteiger partial charge in [-0.25, -0.2) is 4.98 Å². The molecular formula is C10H18N4O3. The van der Waals surface area contributed by atoms with E-state index in [0.29, 0.717) is 5.82 Å². The zero-order valence-corrected chi connectivity index (χ0v) is 10.2. The smallest absolute Gasteiger partial charge is 0.291 e. The Morgan fingerprint density at radius 2 is 2.29 bits per heavy atom. The minimum atomic E-state index is -0.729. The molecule has 1 amide bonds. The number of nitrogens with zero attached hydrogens (tertiary/aromatic N) is 2. The number of aliphatic hydroxyl groups is 1. The van der Waals surface area contributed by atoms with Crippen LogP contribution in [0.25, 0.3) is 0 Å². The number of amides is 1. The maximum absolute atomic E-state index is 11.6. The van der Waals surface area contributed by atoms with E-state index >= 15 is 0 Å². The van der Waals surface area contributed by atoms with Crippen LogP contribution in [0, 0.1) is 0 Å². The van der Waals surface area contributed by atoms with E-state index in [9.17, 15) is 9.90 Å². The second kappa shape index (κ2) is 6.31. The van der Waals surface area contributed by atoms with Crippen molar-refractivity contribution in [2.45, 2.75) is 25.9 Å². The molecule has 0 fully saturated rings. The first kappa shape index (κ1) is 13.6. The van der Waals surface area contributed by atoms with E-state index in [2.05, 4.69) is 20.5 Å². The van der Waals surface area contributed by atoms with Crippen LogP contribution in [0.5, 0.6) is 0 Å². The third kappa shape index (κ3) is 4.12. The maximum atomic E-state index is 11.6. The molecule has 0 spiro atoms. The highest BCUT2D eigenvalue weighted by Crippen LogP contribution is 2.07. The van der Waals surface area contributed by atoms with Crippen molar-refractivity contribution >= 4 is 5.91 Å². The van der Waals surface area contributed by atoms with Crippen LogP contribution in [-0.4, -0.2) is 52.6 Å². The van der Waals surface area contributed by atoms with E-state index in [1.165, 1.54) is 7.11 Å². The summed E-state index contributed by atoms with van der Waals surface area (Å²) in [6, 6.07) is 0. The van der Waals surface area contributed by atoms with Crippen molar-refractivity contribution in [1.82, 2.24) is 20.5 Å². The SMILES string of the molecule is COCC(O)CNC(=O)c1n[nH]c(C(C)C)n1. The molecule has 0 saturated heterocycles. The van der Waals surface area contributed by atoms with Crippen molar-refractivity contribution in [3.63, 3.8) is 0 Å². The average molecular weight is 242 g/mol. The Hall–Kier alpha value is -1.47. The Bertz CT molecular complexity index is 364. The van der Waals surface area contributed by atoms with Crippen molar-refractivity contribution < 1.29 is 14.6 Å². The molecule has 0 aromatic carbocycles. The molecule has 1 heterocycles. The van der Waals surface area contributed by atoms with Crippen LogP contribution < -0.4 is 5.32 Å². The fraction of sp³-hybridized carbons (Fsp3) is 0.700. The molecule has 1 aromatic heterocycles. The number of ether oxygens (including phenoxy) is 1. The van der Waals surface area contributed by atoms with Gasteiger partial charge in [0.1, 0.15) is 5.82 Å². The predicted molar refractivity (Wildman–Crippen MR) is 60.7 cm³/mol. The Labute approximate surface area is 99.6 Å². The van der Waals surface area contributed by atoms with Gasteiger partial charge in [-0.1, -0.05) is 13.8 Å². The summed E-state index contributed by atoms with van der Waals surface area (Å²) >= 11 is 0. The van der Waals surface area contributed by atoms with Gasteiger partial charge in [0.05, 0.1) is 12.7 Å². The van der Waals surface area contributed by atoms with Crippen molar-refractivity contribution in [1.29, 1.82) is 0 Å². The molecule has 0 aliphatic rings. The second-order valence-electron chi connectivity index (χ2n) is 4.02. The van der Waals surface area contributed by atoms with Gasteiger partial charge in [0.25, 0.3) is 5.91 Å². The van der Waals surface area contributed by atoms with Crippen LogP contribution in [0.1, 0.15) is 36.2 Å². The minimum Gasteiger partial charge on any atom is -0.389 e. The molecule has 0 aliphatic heterocycles. The molecule has 1 rings (SSSR count). The van der Waals surface area contributed by atoms with Gasteiger partial charge in [-0.3, -0.25) is 9.89 Å². The Kier molecular flexibility index (Phi) is 5.05. The van der Waals surface area contributed by atoms with E-state index in [1.807, 2.05) is 13.8 Å². The van der Waals surface area contributed by atoms with Crippen LogP contribution >= 0.6 is 0 Å². The molecule has 0 bridgehead atoms. The van der Waals surface area contributed by atoms with Gasteiger partial charge >= 0.3 is 0 Å². The molecule has 1 atom stereocenters. The number of carbonyl (C=O) groups excluding carboxylic acids is 1. The van der Waals surface area contributed by atoms with Crippen molar-refractivity contribution in [2.75, 3.05) is 20.3 Å². The molecule has 1 unspecified atom stereocenters. The molecule has 7 heteroatoms. The number of methoxy groups -OCH3 is 1. The minimum absolute atomic E-state index is 0.0818. The predicted octanol–water partition coefficient (Wildman–Crippen LogP) is -0.335. The third-order valence-corrected chi connectivity index (χ3v) is 2.11. The second-order valence-corrected chi connectivity index (χ2v) is 4.02. The number of aliphatic hydroxyl groups excluding tert-OH is 1. The first-order chi connectivity index (χ1) is 8.04. The summed E-state index contributed by atoms with van der Waals surface area (Å²) < 4.78 is 4.74. The van der Waals surface area contributed by atoms with Crippen molar-refractivity contribution in [2.24, 2.45) is 0 Å². The number of H-pyrrole nitrogens is 1. The summed E-state index contributed by atoms with van der Waals surface area (Å²) in [6.45, 7) is 4.18. The van der Waals surface area contributed by atoms with Crippen LogP contribution in [0.15, 0.2) is 0 Å². The molecule has 96 valence electrons. The van der Waals surface area contributed by atoms with Crippen LogP contribution in [0.3, 0.4) is 0 Å². The van der Waals surface area contributed by atoms with Gasteiger partial charge < -0.3 is 15.2 Å². The summed E-state index contributed by atoms with van der Waals surface area (Å²) in [5.41, 5.74) is 0. The van der Waals surface area contributed by atoms with Gasteiger partial charge in [-0.05, 0) is 0 Å². The number of aromatic amines is 1. The average Bonchev–Trinajstić information content (AvgIpc) is 2.75. The van der Waals surface area contributed by atoms with E-state index in [4.69, 9.17) is 4.74 Å². The highest BCUT2D eigenvalue weighted by Gasteiger charge is 2.14. The van der Waals surface area contributed by atoms with Gasteiger partial charge in [-0.15, -0.1) is 5.10 Å². The van der Waals surface area contributed by atoms with E-state index < -0.39 is 12.0 Å². The summed E-state index contributed by atoms with van der Waals surface area (Å²) in [5, 5.41) is 18.4. The number of nitrogens with one attached hydrogen (secondary N) is 2. The van der Waals surface area contributed by atoms with E-state index in [0.717, 1.165) is 0 Å². The van der Waals surface area contributed by atoms with Gasteiger partial charge in [0.2, 0.25) is 5.82 Å². The van der Waals surface area contributed by atoms with Crippen LogP contribution in [0.4, 0.5) is 0 Å². The number of carbonyl (C=O) groups is 1. The van der Waals surface area contributed by atoms with Crippen LogP contribution in [0.2, 0.25) is 0 Å².